The minimum atomic E-state index is -3.58. The monoisotopic (exact) mass is 438 g/mol. The predicted octanol–water partition coefficient (Wildman–Crippen LogP) is 2.34. The lowest BCUT2D eigenvalue weighted by atomic mass is 9.91. The molecule has 0 radical (unpaired) electrons. The number of anilines is 1. The fraction of sp³-hybridized carbons (Fsp3) is 0.684. The molecule has 1 aliphatic carbocycles. The van der Waals surface area contributed by atoms with Gasteiger partial charge in [-0.1, -0.05) is 6.92 Å². The minimum Gasteiger partial charge on any atom is -0.444 e. The molecule has 0 saturated heterocycles. The summed E-state index contributed by atoms with van der Waals surface area (Å²) >= 11 is 0. The lowest BCUT2D eigenvalue weighted by Crippen LogP contribution is -2.44. The number of nitrogens with zero attached hydrogens (tertiary/aromatic N) is 4. The van der Waals surface area contributed by atoms with E-state index < -0.39 is 21.5 Å². The second-order valence-electron chi connectivity index (χ2n) is 8.71. The number of aryl methyl sites for hydroxylation is 1. The van der Waals surface area contributed by atoms with Gasteiger partial charge < -0.3 is 15.4 Å². The fourth-order valence-electron chi connectivity index (χ4n) is 3.52. The van der Waals surface area contributed by atoms with Gasteiger partial charge >= 0.3 is 6.09 Å². The van der Waals surface area contributed by atoms with Crippen molar-refractivity contribution >= 4 is 27.5 Å². The Labute approximate surface area is 176 Å². The highest BCUT2D eigenvalue weighted by atomic mass is 32.2. The molecule has 2 N–H and O–H groups in total. The van der Waals surface area contributed by atoms with Gasteiger partial charge in [-0.2, -0.15) is 19.6 Å². The first-order valence-electron chi connectivity index (χ1n) is 10.2. The lowest BCUT2D eigenvalue weighted by Gasteiger charge is -2.31. The summed E-state index contributed by atoms with van der Waals surface area (Å²) in [7, 11) is -3.58. The van der Waals surface area contributed by atoms with Crippen molar-refractivity contribution in [2.75, 3.05) is 11.6 Å². The first kappa shape index (κ1) is 22.3. The fourth-order valence-corrected chi connectivity index (χ4v) is 4.03. The zero-order chi connectivity index (χ0) is 22.1. The van der Waals surface area contributed by atoms with Crippen molar-refractivity contribution in [1.29, 1.82) is 0 Å². The Morgan fingerprint density at radius 3 is 2.60 bits per heavy atom. The van der Waals surface area contributed by atoms with Crippen LogP contribution < -0.4 is 10.6 Å². The highest BCUT2D eigenvalue weighted by Crippen LogP contribution is 2.24. The van der Waals surface area contributed by atoms with Crippen molar-refractivity contribution in [2.45, 2.75) is 82.6 Å². The number of ether oxygens (including phenoxy) is 1. The standard InChI is InChI=1S/C19H30N6O4S/c1-6-12-11-20-25-15(12)23-17(30(5,27)28)24-16(25)21-13-8-7-9-14(10-13)22-18(26)29-19(2,3)4/h11,13-14H,6-10H2,1-5H3,(H,22,26)(H,21,23,24). The number of nitrogens with one attached hydrogen (secondary N) is 2. The molecule has 1 fully saturated rings. The molecular formula is C19H30N6O4S. The number of aromatic nitrogens is 4. The van der Waals surface area contributed by atoms with Crippen LogP contribution in [0.1, 0.15) is 58.9 Å². The van der Waals surface area contributed by atoms with E-state index in [-0.39, 0.29) is 17.2 Å². The summed E-state index contributed by atoms with van der Waals surface area (Å²) in [6, 6.07) is -0.0416. The number of fused-ring (bicyclic) bond motifs is 1. The largest absolute Gasteiger partial charge is 0.444 e. The van der Waals surface area contributed by atoms with E-state index in [4.69, 9.17) is 4.74 Å². The van der Waals surface area contributed by atoms with Crippen LogP contribution in [-0.4, -0.2) is 58.0 Å². The van der Waals surface area contributed by atoms with E-state index in [1.807, 2.05) is 27.7 Å². The van der Waals surface area contributed by atoms with E-state index in [9.17, 15) is 13.2 Å². The Kier molecular flexibility index (Phi) is 6.21. The number of hydrogen-bond donors (Lipinski definition) is 2. The predicted molar refractivity (Wildman–Crippen MR) is 112 cm³/mol. The van der Waals surface area contributed by atoms with Crippen LogP contribution in [0.5, 0.6) is 0 Å². The van der Waals surface area contributed by atoms with Crippen molar-refractivity contribution in [1.82, 2.24) is 24.9 Å². The molecule has 3 rings (SSSR count). The van der Waals surface area contributed by atoms with Gasteiger partial charge in [-0.15, -0.1) is 0 Å². The summed E-state index contributed by atoms with van der Waals surface area (Å²) in [5.41, 5.74) is 0.773. The molecule has 0 aromatic carbocycles. The molecule has 2 heterocycles. The zero-order valence-corrected chi connectivity index (χ0v) is 18.9. The maximum absolute atomic E-state index is 12.1. The number of alkyl carbamates (subject to hydrolysis) is 1. The summed E-state index contributed by atoms with van der Waals surface area (Å²) in [6.07, 6.45) is 6.30. The molecule has 1 amide bonds. The van der Waals surface area contributed by atoms with Crippen molar-refractivity contribution in [3.63, 3.8) is 0 Å². The van der Waals surface area contributed by atoms with Crippen LogP contribution in [0.3, 0.4) is 0 Å². The number of carbonyl (C=O) groups excluding carboxylic acids is 1. The number of hydrogen-bond acceptors (Lipinski definition) is 8. The average Bonchev–Trinajstić information content (AvgIpc) is 3.03. The number of sulfone groups is 1. The second-order valence-corrected chi connectivity index (χ2v) is 10.6. The van der Waals surface area contributed by atoms with Crippen molar-refractivity contribution in [3.05, 3.63) is 11.8 Å². The van der Waals surface area contributed by atoms with Gasteiger partial charge in [0.25, 0.3) is 5.16 Å². The molecular weight excluding hydrogens is 408 g/mol. The lowest BCUT2D eigenvalue weighted by molar-refractivity contribution is 0.0492. The Morgan fingerprint density at radius 1 is 1.27 bits per heavy atom. The van der Waals surface area contributed by atoms with Crippen LogP contribution in [0.15, 0.2) is 11.4 Å². The van der Waals surface area contributed by atoms with E-state index >= 15 is 0 Å². The van der Waals surface area contributed by atoms with E-state index in [1.165, 1.54) is 0 Å². The third kappa shape index (κ3) is 5.38. The summed E-state index contributed by atoms with van der Waals surface area (Å²) in [4.78, 5) is 20.5. The third-order valence-electron chi connectivity index (χ3n) is 4.86. The Hall–Kier alpha value is -2.43. The number of amides is 1. The third-order valence-corrected chi connectivity index (χ3v) is 5.71. The highest BCUT2D eigenvalue weighted by molar-refractivity contribution is 7.90. The first-order valence-corrected chi connectivity index (χ1v) is 12.1. The molecule has 11 heteroatoms. The van der Waals surface area contributed by atoms with Crippen molar-refractivity contribution in [2.24, 2.45) is 0 Å². The Morgan fingerprint density at radius 2 is 1.97 bits per heavy atom. The molecule has 10 nitrogen and oxygen atoms in total. The van der Waals surface area contributed by atoms with Gasteiger partial charge in [0, 0.05) is 23.9 Å². The zero-order valence-electron chi connectivity index (χ0n) is 18.1. The summed E-state index contributed by atoms with van der Waals surface area (Å²) in [5.74, 6) is 0.336. The van der Waals surface area contributed by atoms with Crippen molar-refractivity contribution in [3.8, 4) is 0 Å². The van der Waals surface area contributed by atoms with Gasteiger partial charge in [0.15, 0.2) is 5.65 Å². The summed E-state index contributed by atoms with van der Waals surface area (Å²) in [6.45, 7) is 7.44. The van der Waals surface area contributed by atoms with Gasteiger partial charge in [-0.25, -0.2) is 13.2 Å². The molecule has 0 bridgehead atoms. The quantitative estimate of drug-likeness (QED) is 0.728. The van der Waals surface area contributed by atoms with E-state index in [2.05, 4.69) is 25.7 Å². The molecule has 2 atom stereocenters. The molecule has 166 valence electrons. The second kappa shape index (κ2) is 8.37. The molecule has 2 aromatic rings. The summed E-state index contributed by atoms with van der Waals surface area (Å²) in [5, 5.41) is 10.3. The average molecular weight is 439 g/mol. The normalized spacial score (nSPS) is 20.2. The van der Waals surface area contributed by atoms with E-state index in [1.54, 1.807) is 10.7 Å². The van der Waals surface area contributed by atoms with Crippen LogP contribution in [0, 0.1) is 0 Å². The maximum Gasteiger partial charge on any atom is 0.407 e. The van der Waals surface area contributed by atoms with Gasteiger partial charge in [0.1, 0.15) is 5.60 Å². The van der Waals surface area contributed by atoms with E-state index in [0.717, 1.165) is 31.1 Å². The molecule has 1 aliphatic rings. The van der Waals surface area contributed by atoms with Gasteiger partial charge in [-0.3, -0.25) is 0 Å². The van der Waals surface area contributed by atoms with Crippen LogP contribution in [-0.2, 0) is 21.0 Å². The topological polar surface area (TPSA) is 128 Å². The van der Waals surface area contributed by atoms with Gasteiger partial charge in [0.2, 0.25) is 15.8 Å². The number of carbonyl (C=O) groups is 1. The SMILES string of the molecule is CCc1cnn2c(NC3CCCC(NC(=O)OC(C)(C)C)C3)nc(S(C)(=O)=O)nc12. The Bertz CT molecular complexity index is 1030. The molecule has 1 saturated carbocycles. The molecule has 30 heavy (non-hydrogen) atoms. The van der Waals surface area contributed by atoms with E-state index in [0.29, 0.717) is 24.4 Å². The van der Waals surface area contributed by atoms with Gasteiger partial charge in [0.05, 0.1) is 6.20 Å². The molecule has 2 unspecified atom stereocenters. The Balaban J connectivity index is 1.80. The highest BCUT2D eigenvalue weighted by Gasteiger charge is 2.27. The molecule has 2 aromatic heterocycles. The van der Waals surface area contributed by atoms with Crippen LogP contribution in [0.25, 0.3) is 5.65 Å². The summed E-state index contributed by atoms with van der Waals surface area (Å²) < 4.78 is 31.1. The molecule has 0 aliphatic heterocycles. The van der Waals surface area contributed by atoms with Crippen LogP contribution >= 0.6 is 0 Å². The van der Waals surface area contributed by atoms with Crippen LogP contribution in [0.4, 0.5) is 10.7 Å². The maximum atomic E-state index is 12.1. The van der Waals surface area contributed by atoms with Gasteiger partial charge in [-0.05, 0) is 52.9 Å². The molecule has 0 spiro atoms. The smallest absolute Gasteiger partial charge is 0.407 e. The van der Waals surface area contributed by atoms with Crippen molar-refractivity contribution < 1.29 is 17.9 Å². The van der Waals surface area contributed by atoms with Crippen LogP contribution in [0.2, 0.25) is 0 Å². The first-order chi connectivity index (χ1) is 14.0. The number of rotatable bonds is 5. The minimum absolute atomic E-state index is 0.00141.